The fourth-order valence-electron chi connectivity index (χ4n) is 2.23. The van der Waals surface area contributed by atoms with Crippen molar-refractivity contribution in [2.24, 2.45) is 7.05 Å². The summed E-state index contributed by atoms with van der Waals surface area (Å²) in [5, 5.41) is 3.86. The summed E-state index contributed by atoms with van der Waals surface area (Å²) in [6, 6.07) is -0.732. The number of carbonyl (C=O) groups excluding carboxylic acids is 1. The number of hydrogen-bond donors (Lipinski definition) is 0. The normalized spacial score (nSPS) is 21.3. The molecule has 0 unspecified atom stereocenters. The van der Waals surface area contributed by atoms with Crippen LogP contribution >= 0.6 is 0 Å². The number of ether oxygens (including phenoxy) is 1. The van der Waals surface area contributed by atoms with Gasteiger partial charge in [-0.3, -0.25) is 9.48 Å². The van der Waals surface area contributed by atoms with Gasteiger partial charge in [-0.1, -0.05) is 0 Å². The molecule has 19 heavy (non-hydrogen) atoms. The molecule has 0 amide bonds. The van der Waals surface area contributed by atoms with E-state index in [0.717, 1.165) is 12.8 Å². The van der Waals surface area contributed by atoms with Crippen LogP contribution < -0.4 is 0 Å². The number of piperidine rings is 1. The van der Waals surface area contributed by atoms with Crippen molar-refractivity contribution in [2.45, 2.75) is 30.2 Å². The zero-order chi connectivity index (χ0) is 14.0. The molecule has 1 aliphatic rings. The van der Waals surface area contributed by atoms with E-state index in [1.165, 1.54) is 28.5 Å². The van der Waals surface area contributed by atoms with Gasteiger partial charge in [-0.05, 0) is 19.3 Å². The minimum atomic E-state index is -3.70. The lowest BCUT2D eigenvalue weighted by Gasteiger charge is -2.32. The highest BCUT2D eigenvalue weighted by Gasteiger charge is 2.38. The van der Waals surface area contributed by atoms with E-state index in [1.54, 1.807) is 7.05 Å². The molecule has 1 aromatic heterocycles. The minimum Gasteiger partial charge on any atom is -0.468 e. The highest BCUT2D eigenvalue weighted by Crippen LogP contribution is 2.25. The summed E-state index contributed by atoms with van der Waals surface area (Å²) in [5.74, 6) is -0.507. The van der Waals surface area contributed by atoms with Crippen LogP contribution in [-0.2, 0) is 26.6 Å². The number of nitrogens with zero attached hydrogens (tertiary/aromatic N) is 3. The van der Waals surface area contributed by atoms with Crippen LogP contribution in [-0.4, -0.2) is 48.2 Å². The van der Waals surface area contributed by atoms with E-state index in [-0.39, 0.29) is 4.90 Å². The molecular weight excluding hydrogens is 270 g/mol. The van der Waals surface area contributed by atoms with Gasteiger partial charge in [0.25, 0.3) is 0 Å². The van der Waals surface area contributed by atoms with Crippen LogP contribution in [0.1, 0.15) is 19.3 Å². The molecule has 8 heteroatoms. The molecule has 1 aromatic rings. The number of methoxy groups -OCH3 is 1. The number of aromatic nitrogens is 2. The Labute approximate surface area is 112 Å². The average Bonchev–Trinajstić information content (AvgIpc) is 2.85. The molecule has 0 spiro atoms. The highest BCUT2D eigenvalue weighted by atomic mass is 32.2. The molecule has 1 aliphatic heterocycles. The molecule has 0 aromatic carbocycles. The van der Waals surface area contributed by atoms with Crippen molar-refractivity contribution in [3.63, 3.8) is 0 Å². The Morgan fingerprint density at radius 2 is 2.21 bits per heavy atom. The lowest BCUT2D eigenvalue weighted by molar-refractivity contribution is -0.146. The van der Waals surface area contributed by atoms with Crippen LogP contribution in [0.4, 0.5) is 0 Å². The summed E-state index contributed by atoms with van der Waals surface area (Å²) in [4.78, 5) is 11.8. The predicted molar refractivity (Wildman–Crippen MR) is 66.8 cm³/mol. The lowest BCUT2D eigenvalue weighted by Crippen LogP contribution is -2.48. The first kappa shape index (κ1) is 14.0. The summed E-state index contributed by atoms with van der Waals surface area (Å²) >= 11 is 0. The third-order valence-corrected chi connectivity index (χ3v) is 5.08. The summed E-state index contributed by atoms with van der Waals surface area (Å²) in [7, 11) is -0.781. The van der Waals surface area contributed by atoms with Gasteiger partial charge in [0.2, 0.25) is 10.0 Å². The van der Waals surface area contributed by atoms with Crippen LogP contribution in [0.3, 0.4) is 0 Å². The third-order valence-electron chi connectivity index (χ3n) is 3.21. The highest BCUT2D eigenvalue weighted by molar-refractivity contribution is 7.89. The van der Waals surface area contributed by atoms with Crippen LogP contribution in [0.15, 0.2) is 17.3 Å². The molecule has 106 valence electrons. The molecule has 1 atom stereocenters. The average molecular weight is 287 g/mol. The molecule has 0 bridgehead atoms. The van der Waals surface area contributed by atoms with Crippen LogP contribution in [0.5, 0.6) is 0 Å². The monoisotopic (exact) mass is 287 g/mol. The number of rotatable bonds is 3. The first-order valence-corrected chi connectivity index (χ1v) is 7.49. The van der Waals surface area contributed by atoms with E-state index >= 15 is 0 Å². The van der Waals surface area contributed by atoms with E-state index in [4.69, 9.17) is 4.74 Å². The van der Waals surface area contributed by atoms with E-state index in [9.17, 15) is 13.2 Å². The molecule has 0 saturated carbocycles. The fraction of sp³-hybridized carbons (Fsp3) is 0.636. The summed E-state index contributed by atoms with van der Waals surface area (Å²) in [5.41, 5.74) is 0. The van der Waals surface area contributed by atoms with Crippen LogP contribution in [0.2, 0.25) is 0 Å². The smallest absolute Gasteiger partial charge is 0.324 e. The van der Waals surface area contributed by atoms with Crippen molar-refractivity contribution < 1.29 is 17.9 Å². The van der Waals surface area contributed by atoms with E-state index in [1.807, 2.05) is 0 Å². The number of sulfonamides is 1. The van der Waals surface area contributed by atoms with E-state index in [2.05, 4.69) is 5.10 Å². The van der Waals surface area contributed by atoms with Gasteiger partial charge < -0.3 is 4.74 Å². The lowest BCUT2D eigenvalue weighted by atomic mass is 10.1. The van der Waals surface area contributed by atoms with Crippen molar-refractivity contribution >= 4 is 16.0 Å². The molecule has 2 heterocycles. The maximum atomic E-state index is 12.5. The Morgan fingerprint density at radius 1 is 1.47 bits per heavy atom. The largest absolute Gasteiger partial charge is 0.468 e. The maximum absolute atomic E-state index is 12.5. The Morgan fingerprint density at radius 3 is 2.79 bits per heavy atom. The Bertz CT molecular complexity index is 566. The second kappa shape index (κ2) is 5.30. The SMILES string of the molecule is COC(=O)[C@H]1CCCCN1S(=O)(=O)c1cnn(C)c1. The second-order valence-corrected chi connectivity index (χ2v) is 6.39. The van der Waals surface area contributed by atoms with Crippen molar-refractivity contribution in [1.29, 1.82) is 0 Å². The van der Waals surface area contributed by atoms with Gasteiger partial charge in [0.1, 0.15) is 10.9 Å². The van der Waals surface area contributed by atoms with Crippen LogP contribution in [0, 0.1) is 0 Å². The summed E-state index contributed by atoms with van der Waals surface area (Å²) in [6.45, 7) is 0.330. The quantitative estimate of drug-likeness (QED) is 0.738. The van der Waals surface area contributed by atoms with Gasteiger partial charge in [-0.2, -0.15) is 9.40 Å². The number of hydrogen-bond acceptors (Lipinski definition) is 5. The fourth-order valence-corrected chi connectivity index (χ4v) is 3.86. The van der Waals surface area contributed by atoms with Gasteiger partial charge >= 0.3 is 5.97 Å². The zero-order valence-corrected chi connectivity index (χ0v) is 11.8. The first-order valence-electron chi connectivity index (χ1n) is 6.05. The van der Waals surface area contributed by atoms with Gasteiger partial charge in [0.15, 0.2) is 0 Å². The van der Waals surface area contributed by atoms with E-state index < -0.39 is 22.0 Å². The number of esters is 1. The van der Waals surface area contributed by atoms with E-state index in [0.29, 0.717) is 13.0 Å². The Balaban J connectivity index is 2.34. The van der Waals surface area contributed by atoms with Gasteiger partial charge in [0, 0.05) is 19.8 Å². The summed E-state index contributed by atoms with van der Waals surface area (Å²) in [6.07, 6.45) is 4.77. The molecule has 1 saturated heterocycles. The number of carbonyl (C=O) groups is 1. The topological polar surface area (TPSA) is 81.5 Å². The minimum absolute atomic E-state index is 0.103. The van der Waals surface area contributed by atoms with Gasteiger partial charge in [-0.25, -0.2) is 8.42 Å². The molecule has 1 fully saturated rings. The van der Waals surface area contributed by atoms with Crippen molar-refractivity contribution in [2.75, 3.05) is 13.7 Å². The third kappa shape index (κ3) is 2.64. The number of aryl methyl sites for hydroxylation is 1. The van der Waals surface area contributed by atoms with Crippen LogP contribution in [0.25, 0.3) is 0 Å². The molecule has 7 nitrogen and oxygen atoms in total. The van der Waals surface area contributed by atoms with Crippen molar-refractivity contribution in [3.8, 4) is 0 Å². The molecule has 2 rings (SSSR count). The second-order valence-electron chi connectivity index (χ2n) is 4.50. The summed E-state index contributed by atoms with van der Waals surface area (Å²) < 4.78 is 32.3. The van der Waals surface area contributed by atoms with Gasteiger partial charge in [-0.15, -0.1) is 0 Å². The Kier molecular flexibility index (Phi) is 3.91. The zero-order valence-electron chi connectivity index (χ0n) is 10.9. The maximum Gasteiger partial charge on any atom is 0.324 e. The van der Waals surface area contributed by atoms with Crippen molar-refractivity contribution in [1.82, 2.24) is 14.1 Å². The molecule has 0 N–H and O–H groups in total. The van der Waals surface area contributed by atoms with Gasteiger partial charge in [0.05, 0.1) is 13.3 Å². The van der Waals surface area contributed by atoms with Crippen molar-refractivity contribution in [3.05, 3.63) is 12.4 Å². The standard InChI is InChI=1S/C11H17N3O4S/c1-13-8-9(7-12-13)19(16,17)14-6-4-3-5-10(14)11(15)18-2/h7-8,10H,3-6H2,1-2H3/t10-/m1/s1. The predicted octanol–water partition coefficient (Wildman–Crippen LogP) is 0.136. The first-order chi connectivity index (χ1) is 8.96. The molecule has 0 radical (unpaired) electrons. The molecule has 0 aliphatic carbocycles. The molecular formula is C11H17N3O4S. The Hall–Kier alpha value is -1.41.